The molecule has 7 heteroatoms. The summed E-state index contributed by atoms with van der Waals surface area (Å²) < 4.78 is 11.9. The van der Waals surface area contributed by atoms with E-state index in [1.165, 1.54) is 6.08 Å². The summed E-state index contributed by atoms with van der Waals surface area (Å²) >= 11 is 9.37. The quantitative estimate of drug-likeness (QED) is 0.265. The van der Waals surface area contributed by atoms with E-state index in [1.54, 1.807) is 12.1 Å². The zero-order chi connectivity index (χ0) is 16.8. The Kier molecular flexibility index (Phi) is 7.80. The summed E-state index contributed by atoms with van der Waals surface area (Å²) in [7, 11) is -0.414. The van der Waals surface area contributed by atoms with Crippen LogP contribution < -0.4 is 4.74 Å². The summed E-state index contributed by atoms with van der Waals surface area (Å²) in [6.07, 6.45) is 1.50. The number of rotatable bonds is 8. The molecule has 0 saturated heterocycles. The van der Waals surface area contributed by atoms with E-state index in [-0.39, 0.29) is 5.04 Å². The third kappa shape index (κ3) is 5.86. The van der Waals surface area contributed by atoms with Gasteiger partial charge in [-0.25, -0.2) is 4.79 Å². The Morgan fingerprint density at radius 3 is 2.64 bits per heavy atom. The lowest BCUT2D eigenvalue weighted by Gasteiger charge is -2.27. The van der Waals surface area contributed by atoms with Gasteiger partial charge in [0.05, 0.1) is 26.1 Å². The van der Waals surface area contributed by atoms with Crippen molar-refractivity contribution in [2.24, 2.45) is 4.99 Å². The molecule has 0 N–H and O–H groups in total. The van der Waals surface area contributed by atoms with Crippen molar-refractivity contribution in [2.45, 2.75) is 32.0 Å². The molecule has 1 aromatic carbocycles. The highest BCUT2D eigenvalue weighted by Gasteiger charge is 2.23. The molecule has 1 aromatic rings. The van der Waals surface area contributed by atoms with Gasteiger partial charge in [-0.05, 0) is 27.0 Å². The van der Waals surface area contributed by atoms with Gasteiger partial charge in [0.15, 0.2) is 0 Å². The smallest absolute Gasteiger partial charge is 0.240 e. The Balaban J connectivity index is 2.52. The molecule has 121 valence electrons. The lowest BCUT2D eigenvalue weighted by atomic mass is 10.2. The van der Waals surface area contributed by atoms with Crippen LogP contribution in [-0.4, -0.2) is 34.7 Å². The predicted molar refractivity (Wildman–Crippen MR) is 94.8 cm³/mol. The fourth-order valence-corrected chi connectivity index (χ4v) is 2.62. The van der Waals surface area contributed by atoms with E-state index in [2.05, 4.69) is 47.9 Å². The molecular weight excluding hydrogens is 386 g/mol. The third-order valence-electron chi connectivity index (χ3n) is 3.47. The van der Waals surface area contributed by atoms with E-state index in [0.29, 0.717) is 40.8 Å². The molecule has 0 unspecified atom stereocenters. The van der Waals surface area contributed by atoms with Gasteiger partial charge in [0.1, 0.15) is 12.4 Å². The molecule has 22 heavy (non-hydrogen) atoms. The molecular formula is C15H20BrClNO3Si. The van der Waals surface area contributed by atoms with Crippen molar-refractivity contribution in [2.75, 3.05) is 19.8 Å². The number of benzene rings is 1. The van der Waals surface area contributed by atoms with Gasteiger partial charge < -0.3 is 9.47 Å². The van der Waals surface area contributed by atoms with E-state index in [0.717, 1.165) is 0 Å². The fraction of sp³-hybridized carbons (Fsp3) is 0.533. The third-order valence-corrected chi connectivity index (χ3v) is 7.25. The van der Waals surface area contributed by atoms with Crippen molar-refractivity contribution in [1.29, 1.82) is 0 Å². The van der Waals surface area contributed by atoms with Gasteiger partial charge in [-0.1, -0.05) is 38.5 Å². The first-order chi connectivity index (χ1) is 10.3. The monoisotopic (exact) mass is 404 g/mol. The van der Waals surface area contributed by atoms with Crippen molar-refractivity contribution in [3.63, 3.8) is 0 Å². The van der Waals surface area contributed by atoms with Crippen molar-refractivity contribution in [1.82, 2.24) is 0 Å². The highest BCUT2D eigenvalue weighted by atomic mass is 79.9. The first-order valence-corrected chi connectivity index (χ1v) is 10.5. The molecule has 1 rings (SSSR count). The number of ether oxygens (including phenoxy) is 2. The van der Waals surface area contributed by atoms with Gasteiger partial charge >= 0.3 is 0 Å². The van der Waals surface area contributed by atoms with E-state index < -0.39 is 8.80 Å². The van der Waals surface area contributed by atoms with Crippen LogP contribution in [0.4, 0.5) is 5.69 Å². The summed E-state index contributed by atoms with van der Waals surface area (Å²) in [6.45, 7) is 10.6. The van der Waals surface area contributed by atoms with Crippen LogP contribution in [-0.2, 0) is 9.53 Å². The summed E-state index contributed by atoms with van der Waals surface area (Å²) in [4.78, 5) is 14.0. The van der Waals surface area contributed by atoms with Gasteiger partial charge in [-0.15, -0.1) is 0 Å². The SMILES string of the molecule is C[Si](C)C(C)(C)COCCOc1cc(N=C=O)c(Br)cc1Cl. The standard InChI is InChI=1S/C15H20BrClNO3Si/c1-15(2,22(3)4)9-20-5-6-21-14-8-13(18-10-19)11(16)7-12(14)17/h7-8H,5-6,9H2,1-4H3. The zero-order valence-electron chi connectivity index (χ0n) is 13.2. The van der Waals surface area contributed by atoms with E-state index in [1.807, 2.05) is 0 Å². The summed E-state index contributed by atoms with van der Waals surface area (Å²) in [5.74, 6) is 0.470. The first kappa shape index (κ1) is 19.4. The molecule has 0 bridgehead atoms. The van der Waals surface area contributed by atoms with Crippen LogP contribution in [0.3, 0.4) is 0 Å². The Hall–Kier alpha value is -0.653. The van der Waals surface area contributed by atoms with Crippen molar-refractivity contribution in [3.05, 3.63) is 21.6 Å². The molecule has 0 aromatic heterocycles. The van der Waals surface area contributed by atoms with Crippen LogP contribution in [0.1, 0.15) is 13.8 Å². The molecule has 0 spiro atoms. The Bertz CT molecular complexity index is 560. The van der Waals surface area contributed by atoms with Crippen LogP contribution in [0.25, 0.3) is 0 Å². The number of aliphatic imine (C=N–C) groups is 1. The van der Waals surface area contributed by atoms with Gasteiger partial charge in [0.2, 0.25) is 6.08 Å². The second-order valence-corrected chi connectivity index (χ2v) is 10.3. The Morgan fingerprint density at radius 1 is 1.36 bits per heavy atom. The van der Waals surface area contributed by atoms with Crippen LogP contribution in [0.15, 0.2) is 21.6 Å². The largest absolute Gasteiger partial charge is 0.490 e. The average Bonchev–Trinajstić information content (AvgIpc) is 2.43. The average molecular weight is 406 g/mol. The molecule has 0 fully saturated rings. The lowest BCUT2D eigenvalue weighted by Crippen LogP contribution is -2.27. The number of hydrogen-bond acceptors (Lipinski definition) is 4. The molecule has 0 aliphatic rings. The number of halogens is 2. The molecule has 0 amide bonds. The second kappa shape index (κ2) is 8.84. The van der Waals surface area contributed by atoms with Crippen LogP contribution in [0.5, 0.6) is 5.75 Å². The van der Waals surface area contributed by atoms with E-state index >= 15 is 0 Å². The number of carbonyl (C=O) groups excluding carboxylic acids is 1. The normalized spacial score (nSPS) is 11.4. The van der Waals surface area contributed by atoms with Crippen LogP contribution >= 0.6 is 27.5 Å². The molecule has 0 aliphatic heterocycles. The maximum absolute atomic E-state index is 10.4. The van der Waals surface area contributed by atoms with Gasteiger partial charge in [-0.2, -0.15) is 4.99 Å². The fourth-order valence-electron chi connectivity index (χ4n) is 1.45. The van der Waals surface area contributed by atoms with E-state index in [9.17, 15) is 4.79 Å². The van der Waals surface area contributed by atoms with Crippen molar-refractivity contribution >= 4 is 48.1 Å². The number of hydrogen-bond donors (Lipinski definition) is 0. The topological polar surface area (TPSA) is 47.9 Å². The highest BCUT2D eigenvalue weighted by molar-refractivity contribution is 9.10. The Labute approximate surface area is 146 Å². The summed E-state index contributed by atoms with van der Waals surface area (Å²) in [5.41, 5.74) is 0.431. The maximum atomic E-state index is 10.4. The minimum absolute atomic E-state index is 0.228. The first-order valence-electron chi connectivity index (χ1n) is 6.86. The summed E-state index contributed by atoms with van der Waals surface area (Å²) in [5, 5.41) is 0.677. The molecule has 0 atom stereocenters. The molecule has 0 heterocycles. The highest BCUT2D eigenvalue weighted by Crippen LogP contribution is 2.36. The number of isocyanates is 1. The minimum atomic E-state index is -0.414. The van der Waals surface area contributed by atoms with Gasteiger partial charge in [-0.3, -0.25) is 0 Å². The van der Waals surface area contributed by atoms with Crippen molar-refractivity contribution in [3.8, 4) is 5.75 Å². The predicted octanol–water partition coefficient (Wildman–Crippen LogP) is 5.00. The zero-order valence-corrected chi connectivity index (χ0v) is 16.5. The van der Waals surface area contributed by atoms with Gasteiger partial charge in [0, 0.05) is 17.1 Å². The lowest BCUT2D eigenvalue weighted by molar-refractivity contribution is 0.0848. The number of nitrogens with zero attached hydrogens (tertiary/aromatic N) is 1. The minimum Gasteiger partial charge on any atom is -0.490 e. The molecule has 1 radical (unpaired) electrons. The van der Waals surface area contributed by atoms with Crippen LogP contribution in [0, 0.1) is 0 Å². The van der Waals surface area contributed by atoms with Gasteiger partial charge in [0.25, 0.3) is 0 Å². The van der Waals surface area contributed by atoms with Crippen LogP contribution in [0.2, 0.25) is 23.2 Å². The Morgan fingerprint density at radius 2 is 2.05 bits per heavy atom. The molecule has 4 nitrogen and oxygen atoms in total. The van der Waals surface area contributed by atoms with E-state index in [4.69, 9.17) is 21.1 Å². The summed E-state index contributed by atoms with van der Waals surface area (Å²) in [6, 6.07) is 3.24. The van der Waals surface area contributed by atoms with Crippen molar-refractivity contribution < 1.29 is 14.3 Å². The molecule has 0 saturated carbocycles. The second-order valence-electron chi connectivity index (χ2n) is 5.72. The molecule has 0 aliphatic carbocycles. The maximum Gasteiger partial charge on any atom is 0.240 e.